The van der Waals surface area contributed by atoms with Crippen molar-refractivity contribution in [2.45, 2.75) is 44.9 Å². The molecule has 176 valence electrons. The minimum Gasteiger partial charge on any atom is -0.372 e. The molecule has 34 heavy (non-hydrogen) atoms. The molecule has 0 spiro atoms. The Morgan fingerprint density at radius 3 is 1.82 bits per heavy atom. The highest BCUT2D eigenvalue weighted by molar-refractivity contribution is 6.16. The predicted octanol–water partition coefficient (Wildman–Crippen LogP) is 5.92. The van der Waals surface area contributed by atoms with E-state index >= 15 is 0 Å². The SMILES string of the molecule is O=C(/C=C/c1ccc(N2CCCC2)cc1)C1CCC/C(=C\c2ccc(N3CCCC3)cc2)C1=O. The van der Waals surface area contributed by atoms with Crippen molar-refractivity contribution >= 4 is 35.1 Å². The largest absolute Gasteiger partial charge is 0.372 e. The molecule has 5 rings (SSSR count). The number of benzene rings is 2. The van der Waals surface area contributed by atoms with E-state index in [4.69, 9.17) is 0 Å². The van der Waals surface area contributed by atoms with Gasteiger partial charge < -0.3 is 9.80 Å². The van der Waals surface area contributed by atoms with E-state index in [9.17, 15) is 9.59 Å². The maximum Gasteiger partial charge on any atom is 0.169 e. The van der Waals surface area contributed by atoms with Gasteiger partial charge in [0, 0.05) is 37.6 Å². The first-order valence-corrected chi connectivity index (χ1v) is 12.8. The number of carbonyl (C=O) groups is 2. The molecule has 0 aromatic heterocycles. The molecule has 1 saturated carbocycles. The van der Waals surface area contributed by atoms with Crippen LogP contribution >= 0.6 is 0 Å². The summed E-state index contributed by atoms with van der Waals surface area (Å²) in [5.74, 6) is -0.638. The van der Waals surface area contributed by atoms with Crippen LogP contribution in [-0.2, 0) is 9.59 Å². The van der Waals surface area contributed by atoms with E-state index in [1.54, 1.807) is 6.08 Å². The lowest BCUT2D eigenvalue weighted by molar-refractivity contribution is -0.129. The van der Waals surface area contributed by atoms with Crippen LogP contribution in [0.3, 0.4) is 0 Å². The first-order valence-electron chi connectivity index (χ1n) is 12.8. The quantitative estimate of drug-likeness (QED) is 0.401. The number of nitrogens with zero attached hydrogens (tertiary/aromatic N) is 2. The van der Waals surface area contributed by atoms with Crippen LogP contribution in [0.15, 0.2) is 60.2 Å². The van der Waals surface area contributed by atoms with Gasteiger partial charge in [-0.1, -0.05) is 30.3 Å². The van der Waals surface area contributed by atoms with Crippen LogP contribution < -0.4 is 9.80 Å². The number of anilines is 2. The van der Waals surface area contributed by atoms with E-state index in [1.807, 2.05) is 12.2 Å². The molecule has 1 aliphatic carbocycles. The van der Waals surface area contributed by atoms with E-state index in [0.717, 1.165) is 55.7 Å². The van der Waals surface area contributed by atoms with Crippen molar-refractivity contribution in [2.24, 2.45) is 5.92 Å². The van der Waals surface area contributed by atoms with Gasteiger partial charge >= 0.3 is 0 Å². The van der Waals surface area contributed by atoms with Gasteiger partial charge in [-0.25, -0.2) is 0 Å². The molecule has 2 aromatic carbocycles. The fourth-order valence-corrected chi connectivity index (χ4v) is 5.41. The summed E-state index contributed by atoms with van der Waals surface area (Å²) in [6.45, 7) is 4.49. The summed E-state index contributed by atoms with van der Waals surface area (Å²) in [5.41, 5.74) is 5.30. The zero-order chi connectivity index (χ0) is 23.3. The zero-order valence-corrected chi connectivity index (χ0v) is 19.9. The van der Waals surface area contributed by atoms with E-state index in [-0.39, 0.29) is 11.6 Å². The predicted molar refractivity (Wildman–Crippen MR) is 140 cm³/mol. The third kappa shape index (κ3) is 5.16. The second-order valence-electron chi connectivity index (χ2n) is 9.79. The van der Waals surface area contributed by atoms with Gasteiger partial charge in [-0.3, -0.25) is 9.59 Å². The lowest BCUT2D eigenvalue weighted by atomic mass is 9.81. The lowest BCUT2D eigenvalue weighted by Gasteiger charge is -2.21. The molecule has 0 bridgehead atoms. The van der Waals surface area contributed by atoms with Gasteiger partial charge in [0.25, 0.3) is 0 Å². The summed E-state index contributed by atoms with van der Waals surface area (Å²) in [5, 5.41) is 0. The number of hydrogen-bond acceptors (Lipinski definition) is 4. The fraction of sp³-hybridized carbons (Fsp3) is 0.400. The summed E-state index contributed by atoms with van der Waals surface area (Å²) >= 11 is 0. The van der Waals surface area contributed by atoms with E-state index in [1.165, 1.54) is 37.1 Å². The molecule has 1 atom stereocenters. The highest BCUT2D eigenvalue weighted by Gasteiger charge is 2.30. The molecule has 3 aliphatic rings. The Bertz CT molecular complexity index is 1070. The average Bonchev–Trinajstić information content (AvgIpc) is 3.60. The van der Waals surface area contributed by atoms with Crippen LogP contribution in [0.25, 0.3) is 12.2 Å². The van der Waals surface area contributed by atoms with Crippen molar-refractivity contribution < 1.29 is 9.59 Å². The summed E-state index contributed by atoms with van der Waals surface area (Å²) in [6.07, 6.45) is 12.7. The number of carbonyl (C=O) groups excluding carboxylic acids is 2. The fourth-order valence-electron chi connectivity index (χ4n) is 5.41. The smallest absolute Gasteiger partial charge is 0.169 e. The Morgan fingerprint density at radius 1 is 0.735 bits per heavy atom. The summed E-state index contributed by atoms with van der Waals surface area (Å²) < 4.78 is 0. The molecule has 2 saturated heterocycles. The molecule has 0 radical (unpaired) electrons. The second kappa shape index (κ2) is 10.4. The third-order valence-corrected chi connectivity index (χ3v) is 7.42. The monoisotopic (exact) mass is 454 g/mol. The van der Waals surface area contributed by atoms with Crippen molar-refractivity contribution in [2.75, 3.05) is 36.0 Å². The highest BCUT2D eigenvalue weighted by atomic mass is 16.1. The maximum absolute atomic E-state index is 13.1. The van der Waals surface area contributed by atoms with Crippen LogP contribution in [0.5, 0.6) is 0 Å². The van der Waals surface area contributed by atoms with Crippen molar-refractivity contribution in [3.8, 4) is 0 Å². The first kappa shape index (κ1) is 22.6. The van der Waals surface area contributed by atoms with Crippen molar-refractivity contribution in [1.82, 2.24) is 0 Å². The Labute approximate surface area is 203 Å². The normalized spacial score (nSPS) is 22.3. The molecule has 0 N–H and O–H groups in total. The van der Waals surface area contributed by atoms with E-state index in [2.05, 4.69) is 58.3 Å². The number of rotatable bonds is 6. The van der Waals surface area contributed by atoms with Crippen LogP contribution in [0, 0.1) is 5.92 Å². The molecule has 0 amide bonds. The third-order valence-electron chi connectivity index (χ3n) is 7.42. The number of allylic oxidation sites excluding steroid dienone is 2. The lowest BCUT2D eigenvalue weighted by Crippen LogP contribution is -2.27. The van der Waals surface area contributed by atoms with Crippen LogP contribution in [-0.4, -0.2) is 37.7 Å². The molecular weight excluding hydrogens is 420 g/mol. The standard InChI is InChI=1S/C30H34N2O2/c33-29(17-12-23-8-13-26(14-9-23)31-18-1-2-19-31)28-7-5-6-25(30(28)34)22-24-10-15-27(16-11-24)32-20-3-4-21-32/h8-17,22,28H,1-7,18-21H2/b17-12+,25-22+. The molecule has 2 aliphatic heterocycles. The zero-order valence-electron chi connectivity index (χ0n) is 19.9. The second-order valence-corrected chi connectivity index (χ2v) is 9.79. The molecule has 2 heterocycles. The summed E-state index contributed by atoms with van der Waals surface area (Å²) in [7, 11) is 0. The van der Waals surface area contributed by atoms with Crippen molar-refractivity contribution in [3.63, 3.8) is 0 Å². The molecular formula is C30H34N2O2. The molecule has 3 fully saturated rings. The Hall–Kier alpha value is -3.14. The minimum atomic E-state index is -0.552. The van der Waals surface area contributed by atoms with Gasteiger partial charge in [0.05, 0.1) is 5.92 Å². The van der Waals surface area contributed by atoms with Crippen LogP contribution in [0.2, 0.25) is 0 Å². The Balaban J connectivity index is 1.22. The van der Waals surface area contributed by atoms with Gasteiger partial charge in [0.1, 0.15) is 0 Å². The number of hydrogen-bond donors (Lipinski definition) is 0. The van der Waals surface area contributed by atoms with E-state index < -0.39 is 5.92 Å². The van der Waals surface area contributed by atoms with Gasteiger partial charge in [0.15, 0.2) is 11.6 Å². The minimum absolute atomic E-state index is 0.00565. The van der Waals surface area contributed by atoms with E-state index in [0.29, 0.717) is 6.42 Å². The molecule has 4 heteroatoms. The van der Waals surface area contributed by atoms with Crippen LogP contribution in [0.1, 0.15) is 56.1 Å². The van der Waals surface area contributed by atoms with Crippen molar-refractivity contribution in [3.05, 3.63) is 71.3 Å². The first-order chi connectivity index (χ1) is 16.7. The van der Waals surface area contributed by atoms with Gasteiger partial charge in [-0.15, -0.1) is 0 Å². The average molecular weight is 455 g/mol. The molecule has 1 unspecified atom stereocenters. The maximum atomic E-state index is 13.1. The van der Waals surface area contributed by atoms with Gasteiger partial charge in [-0.05, 0) is 98.1 Å². The van der Waals surface area contributed by atoms with Gasteiger partial charge in [0.2, 0.25) is 0 Å². The Kier molecular flexibility index (Phi) is 6.94. The summed E-state index contributed by atoms with van der Waals surface area (Å²) in [6, 6.07) is 16.8. The highest BCUT2D eigenvalue weighted by Crippen LogP contribution is 2.29. The summed E-state index contributed by atoms with van der Waals surface area (Å²) in [4.78, 5) is 30.8. The Morgan fingerprint density at radius 2 is 1.26 bits per heavy atom. The number of ketones is 2. The van der Waals surface area contributed by atoms with Crippen LogP contribution in [0.4, 0.5) is 11.4 Å². The number of Topliss-reactive ketones (excluding diaryl/α,β-unsaturated/α-hetero) is 1. The van der Waals surface area contributed by atoms with Crippen molar-refractivity contribution in [1.29, 1.82) is 0 Å². The topological polar surface area (TPSA) is 40.6 Å². The van der Waals surface area contributed by atoms with Gasteiger partial charge in [-0.2, -0.15) is 0 Å². The molecule has 4 nitrogen and oxygen atoms in total. The molecule has 2 aromatic rings.